The molecule has 9 nitrogen and oxygen atoms in total. The molecule has 1 aliphatic rings. The number of aryl methyl sites for hydroxylation is 1. The second-order valence-electron chi connectivity index (χ2n) is 7.81. The zero-order valence-electron chi connectivity index (χ0n) is 17.6. The highest BCUT2D eigenvalue weighted by Gasteiger charge is 2.16. The lowest BCUT2D eigenvalue weighted by Gasteiger charge is -2.28. The molecular weight excluding hydrogens is 404 g/mol. The van der Waals surface area contributed by atoms with Crippen LogP contribution in [0, 0.1) is 6.92 Å². The predicted molar refractivity (Wildman–Crippen MR) is 123 cm³/mol. The van der Waals surface area contributed by atoms with Crippen molar-refractivity contribution in [3.05, 3.63) is 60.8 Å². The molecule has 0 amide bonds. The van der Waals surface area contributed by atoms with Gasteiger partial charge < -0.3 is 15.0 Å². The van der Waals surface area contributed by atoms with E-state index in [1.807, 2.05) is 42.0 Å². The number of hydrogen-bond donors (Lipinski definition) is 2. The van der Waals surface area contributed by atoms with Crippen molar-refractivity contribution in [1.29, 1.82) is 0 Å². The Labute approximate surface area is 184 Å². The van der Waals surface area contributed by atoms with Crippen LogP contribution in [-0.4, -0.2) is 55.9 Å². The minimum absolute atomic E-state index is 0.659. The van der Waals surface area contributed by atoms with Gasteiger partial charge >= 0.3 is 0 Å². The van der Waals surface area contributed by atoms with E-state index >= 15 is 0 Å². The first-order valence-corrected chi connectivity index (χ1v) is 10.6. The molecule has 0 spiro atoms. The van der Waals surface area contributed by atoms with E-state index in [9.17, 15) is 0 Å². The Kier molecular flexibility index (Phi) is 4.46. The van der Waals surface area contributed by atoms with E-state index in [4.69, 9.17) is 9.72 Å². The van der Waals surface area contributed by atoms with Gasteiger partial charge in [-0.2, -0.15) is 5.10 Å². The van der Waals surface area contributed by atoms with Crippen molar-refractivity contribution in [2.45, 2.75) is 6.92 Å². The Morgan fingerprint density at radius 2 is 1.97 bits per heavy atom. The second kappa shape index (κ2) is 7.61. The molecule has 0 bridgehead atoms. The number of anilines is 3. The Morgan fingerprint density at radius 3 is 2.81 bits per heavy atom. The van der Waals surface area contributed by atoms with Crippen LogP contribution < -0.4 is 10.2 Å². The molecule has 1 aliphatic heterocycles. The molecule has 0 saturated carbocycles. The van der Waals surface area contributed by atoms with E-state index in [0.717, 1.165) is 71.3 Å². The molecule has 32 heavy (non-hydrogen) atoms. The topological polar surface area (TPSA) is 96.3 Å². The fourth-order valence-electron chi connectivity index (χ4n) is 4.14. The summed E-state index contributed by atoms with van der Waals surface area (Å²) in [5.41, 5.74) is 5.72. The van der Waals surface area contributed by atoms with E-state index < -0.39 is 0 Å². The zero-order chi connectivity index (χ0) is 21.5. The minimum atomic E-state index is 0.659. The van der Waals surface area contributed by atoms with Gasteiger partial charge in [-0.3, -0.25) is 9.50 Å². The van der Waals surface area contributed by atoms with E-state index in [1.54, 1.807) is 6.20 Å². The number of benzene rings is 1. The van der Waals surface area contributed by atoms with Crippen LogP contribution in [0.4, 0.5) is 17.3 Å². The molecule has 1 fully saturated rings. The maximum absolute atomic E-state index is 5.44. The molecule has 5 heterocycles. The van der Waals surface area contributed by atoms with Crippen LogP contribution in [0.2, 0.25) is 0 Å². The highest BCUT2D eigenvalue weighted by molar-refractivity contribution is 5.84. The lowest BCUT2D eigenvalue weighted by molar-refractivity contribution is 0.122. The van der Waals surface area contributed by atoms with Gasteiger partial charge in [0, 0.05) is 42.1 Å². The lowest BCUT2D eigenvalue weighted by atomic mass is 10.1. The van der Waals surface area contributed by atoms with Crippen molar-refractivity contribution in [2.75, 3.05) is 36.5 Å². The monoisotopic (exact) mass is 426 g/mol. The molecule has 0 aliphatic carbocycles. The number of aromatic nitrogens is 6. The number of nitrogens with one attached hydrogen (secondary N) is 2. The van der Waals surface area contributed by atoms with Gasteiger partial charge in [-0.05, 0) is 25.1 Å². The highest BCUT2D eigenvalue weighted by atomic mass is 16.5. The van der Waals surface area contributed by atoms with Gasteiger partial charge in [0.25, 0.3) is 0 Å². The van der Waals surface area contributed by atoms with E-state index in [2.05, 4.69) is 48.6 Å². The van der Waals surface area contributed by atoms with Gasteiger partial charge in [0.05, 0.1) is 42.5 Å². The van der Waals surface area contributed by atoms with Gasteiger partial charge in [0.1, 0.15) is 5.82 Å². The summed E-state index contributed by atoms with van der Waals surface area (Å²) in [6.07, 6.45) is 7.44. The van der Waals surface area contributed by atoms with Crippen molar-refractivity contribution >= 4 is 33.9 Å². The molecule has 160 valence electrons. The minimum Gasteiger partial charge on any atom is -0.378 e. The van der Waals surface area contributed by atoms with Crippen LogP contribution in [0.1, 0.15) is 5.69 Å². The number of hydrogen-bond acceptors (Lipinski definition) is 7. The third-order valence-electron chi connectivity index (χ3n) is 5.87. The number of fused-ring (bicyclic) bond motifs is 2. The Bertz CT molecular complexity index is 1400. The Balaban J connectivity index is 1.37. The van der Waals surface area contributed by atoms with Crippen LogP contribution in [0.25, 0.3) is 27.8 Å². The SMILES string of the molecule is Cc1c(-c2ccc3cn[nH]c3c2)nc(Nc2ccc(N3CCOCC3)cn2)c2nccn12. The zero-order valence-corrected chi connectivity index (χ0v) is 17.6. The van der Waals surface area contributed by atoms with Crippen molar-refractivity contribution in [2.24, 2.45) is 0 Å². The van der Waals surface area contributed by atoms with Crippen molar-refractivity contribution in [3.8, 4) is 11.3 Å². The standard InChI is InChI=1S/C23H22N8O/c1-15-21(16-2-3-17-13-26-29-19(17)12-16)28-22(23-24-6-7-31(15)23)27-20-5-4-18(14-25-20)30-8-10-32-11-9-30/h2-7,12-14H,8-11H2,1H3,(H,26,29)(H,25,27,28). The Hall–Kier alpha value is -3.98. The molecule has 6 rings (SSSR count). The lowest BCUT2D eigenvalue weighted by Crippen LogP contribution is -2.36. The maximum atomic E-state index is 5.44. The van der Waals surface area contributed by atoms with Crippen molar-refractivity contribution in [3.63, 3.8) is 0 Å². The maximum Gasteiger partial charge on any atom is 0.180 e. The summed E-state index contributed by atoms with van der Waals surface area (Å²) < 4.78 is 7.48. The predicted octanol–water partition coefficient (Wildman–Crippen LogP) is 3.56. The summed E-state index contributed by atoms with van der Waals surface area (Å²) in [6, 6.07) is 10.2. The van der Waals surface area contributed by atoms with Crippen LogP contribution in [-0.2, 0) is 4.74 Å². The summed E-state index contributed by atoms with van der Waals surface area (Å²) >= 11 is 0. The smallest absolute Gasteiger partial charge is 0.180 e. The fourth-order valence-corrected chi connectivity index (χ4v) is 4.14. The average molecular weight is 426 g/mol. The molecule has 2 N–H and O–H groups in total. The molecule has 9 heteroatoms. The number of ether oxygens (including phenoxy) is 1. The van der Waals surface area contributed by atoms with Crippen LogP contribution >= 0.6 is 0 Å². The van der Waals surface area contributed by atoms with E-state index in [-0.39, 0.29) is 0 Å². The van der Waals surface area contributed by atoms with Gasteiger partial charge in [-0.1, -0.05) is 12.1 Å². The third-order valence-corrected chi connectivity index (χ3v) is 5.87. The van der Waals surface area contributed by atoms with E-state index in [0.29, 0.717) is 5.82 Å². The van der Waals surface area contributed by atoms with Gasteiger partial charge in [0.2, 0.25) is 0 Å². The number of rotatable bonds is 4. The van der Waals surface area contributed by atoms with Gasteiger partial charge in [0.15, 0.2) is 11.5 Å². The molecule has 0 atom stereocenters. The molecule has 4 aromatic heterocycles. The number of H-pyrrole nitrogens is 1. The first-order valence-electron chi connectivity index (χ1n) is 10.6. The largest absolute Gasteiger partial charge is 0.378 e. The molecule has 5 aromatic rings. The van der Waals surface area contributed by atoms with Gasteiger partial charge in [-0.25, -0.2) is 15.0 Å². The normalized spacial score (nSPS) is 14.3. The first kappa shape index (κ1) is 18.8. The fraction of sp³-hybridized carbons (Fsp3) is 0.217. The summed E-state index contributed by atoms with van der Waals surface area (Å²) in [5, 5.41) is 11.6. The molecule has 1 saturated heterocycles. The summed E-state index contributed by atoms with van der Waals surface area (Å²) in [5.74, 6) is 1.38. The number of nitrogens with zero attached hydrogens (tertiary/aromatic N) is 6. The summed E-state index contributed by atoms with van der Waals surface area (Å²) in [7, 11) is 0. The second-order valence-corrected chi connectivity index (χ2v) is 7.81. The molecule has 0 radical (unpaired) electrons. The third kappa shape index (κ3) is 3.23. The summed E-state index contributed by atoms with van der Waals surface area (Å²) in [4.78, 5) is 16.4. The molecular formula is C23H22N8O. The number of imidazole rings is 1. The van der Waals surface area contributed by atoms with Gasteiger partial charge in [-0.15, -0.1) is 0 Å². The van der Waals surface area contributed by atoms with Crippen LogP contribution in [0.5, 0.6) is 0 Å². The van der Waals surface area contributed by atoms with E-state index in [1.165, 1.54) is 0 Å². The Morgan fingerprint density at radius 1 is 1.06 bits per heavy atom. The van der Waals surface area contributed by atoms with Crippen LogP contribution in [0.3, 0.4) is 0 Å². The quantitative estimate of drug-likeness (QED) is 0.454. The van der Waals surface area contributed by atoms with Crippen molar-refractivity contribution < 1.29 is 4.74 Å². The molecule has 0 unspecified atom stereocenters. The summed E-state index contributed by atoms with van der Waals surface area (Å²) in [6.45, 7) is 5.31. The van der Waals surface area contributed by atoms with Crippen molar-refractivity contribution in [1.82, 2.24) is 29.5 Å². The first-order chi connectivity index (χ1) is 15.8. The highest BCUT2D eigenvalue weighted by Crippen LogP contribution is 2.29. The molecule has 1 aromatic carbocycles. The van der Waals surface area contributed by atoms with Crippen LogP contribution in [0.15, 0.2) is 55.1 Å². The number of aromatic amines is 1. The number of morpholine rings is 1. The number of pyridine rings is 1. The average Bonchev–Trinajstić information content (AvgIpc) is 3.52.